The second-order valence-electron chi connectivity index (χ2n) is 15.4. The van der Waals surface area contributed by atoms with Crippen molar-refractivity contribution in [2.45, 2.75) is 231 Å². The van der Waals surface area contributed by atoms with Gasteiger partial charge in [-0.15, -0.1) is 0 Å². The van der Waals surface area contributed by atoms with E-state index in [9.17, 15) is 19.8 Å². The average molecular weight is 758 g/mol. The van der Waals surface area contributed by atoms with Crippen LogP contribution < -0.4 is 5.32 Å². The van der Waals surface area contributed by atoms with Crippen molar-refractivity contribution in [3.05, 3.63) is 48.6 Å². The molecule has 0 aliphatic carbocycles. The van der Waals surface area contributed by atoms with Crippen LogP contribution in [0.5, 0.6) is 0 Å². The van der Waals surface area contributed by atoms with Crippen LogP contribution in [0, 0.1) is 0 Å². The number of amides is 1. The maximum atomic E-state index is 12.4. The van der Waals surface area contributed by atoms with Crippen LogP contribution in [0.25, 0.3) is 0 Å². The lowest BCUT2D eigenvalue weighted by atomic mass is 10.1. The Balaban J connectivity index is 3.56. The third kappa shape index (κ3) is 39.5. The summed E-state index contributed by atoms with van der Waals surface area (Å²) < 4.78 is 5.43. The number of allylic oxidation sites excluding steroid dienone is 7. The predicted octanol–water partition coefficient (Wildman–Crippen LogP) is 13.1. The van der Waals surface area contributed by atoms with Crippen molar-refractivity contribution in [2.24, 2.45) is 0 Å². The van der Waals surface area contributed by atoms with Gasteiger partial charge in [-0.1, -0.05) is 172 Å². The number of unbranched alkanes of at least 4 members (excludes halogenated alkanes) is 24. The molecule has 3 N–H and O–H groups in total. The fourth-order valence-electron chi connectivity index (χ4n) is 6.49. The number of hydrogen-bond donors (Lipinski definition) is 3. The van der Waals surface area contributed by atoms with E-state index in [0.717, 1.165) is 83.5 Å². The number of esters is 1. The topological polar surface area (TPSA) is 95.9 Å². The summed E-state index contributed by atoms with van der Waals surface area (Å²) in [7, 11) is 0. The lowest BCUT2D eigenvalue weighted by Gasteiger charge is -2.19. The van der Waals surface area contributed by atoms with Gasteiger partial charge < -0.3 is 20.3 Å². The molecule has 0 fully saturated rings. The van der Waals surface area contributed by atoms with Gasteiger partial charge in [0.2, 0.25) is 5.91 Å². The zero-order valence-electron chi connectivity index (χ0n) is 35.4. The molecular formula is C48H87NO5. The Kier molecular flexibility index (Phi) is 41.8. The highest BCUT2D eigenvalue weighted by molar-refractivity contribution is 5.76. The molecule has 314 valence electrons. The molecular weight excluding hydrogens is 671 g/mol. The number of hydrogen-bond acceptors (Lipinski definition) is 5. The van der Waals surface area contributed by atoms with E-state index in [1.165, 1.54) is 109 Å². The molecule has 0 saturated heterocycles. The van der Waals surface area contributed by atoms with Crippen molar-refractivity contribution in [2.75, 3.05) is 13.2 Å². The molecule has 2 atom stereocenters. The van der Waals surface area contributed by atoms with E-state index in [2.05, 4.69) is 55.6 Å². The van der Waals surface area contributed by atoms with Crippen LogP contribution >= 0.6 is 0 Å². The molecule has 0 aromatic carbocycles. The molecule has 6 nitrogen and oxygen atoms in total. The van der Waals surface area contributed by atoms with Gasteiger partial charge in [0.15, 0.2) is 0 Å². The molecule has 0 bridgehead atoms. The summed E-state index contributed by atoms with van der Waals surface area (Å²) in [5.74, 6) is -0.133. The van der Waals surface area contributed by atoms with E-state index in [0.29, 0.717) is 19.4 Å². The van der Waals surface area contributed by atoms with Gasteiger partial charge in [0.1, 0.15) is 0 Å². The Hall–Kier alpha value is -2.18. The van der Waals surface area contributed by atoms with Crippen LogP contribution in [0.4, 0.5) is 0 Å². The molecule has 0 radical (unpaired) electrons. The predicted molar refractivity (Wildman–Crippen MR) is 232 cm³/mol. The quantitative estimate of drug-likeness (QED) is 0.0328. The number of carbonyl (C=O) groups is 2. The number of ether oxygens (including phenoxy) is 1. The molecule has 0 aliphatic rings. The lowest BCUT2D eigenvalue weighted by molar-refractivity contribution is -0.143. The maximum absolute atomic E-state index is 12.4. The van der Waals surface area contributed by atoms with Crippen molar-refractivity contribution >= 4 is 11.9 Å². The standard InChI is InChI=1S/C48H87NO5/c1-3-5-7-9-11-13-15-17-22-26-30-34-38-42-48(53)54-43-39-35-31-27-23-19-16-18-21-25-29-33-37-41-47(52)49-45(44-50)46(51)40-36-32-28-24-20-14-12-10-8-6-4-2/h7,9,13,15,18,21,36,40,45-46,50-51H,3-6,8,10-12,14,16-17,19-20,22-35,37-39,41-44H2,1-2H3,(H,49,52)/b9-7-,15-13-,21-18-,40-36+. The number of carbonyl (C=O) groups excluding carboxylic acids is 2. The van der Waals surface area contributed by atoms with Crippen molar-refractivity contribution in [1.29, 1.82) is 0 Å². The van der Waals surface area contributed by atoms with Crippen LogP contribution in [-0.4, -0.2) is 47.4 Å². The highest BCUT2D eigenvalue weighted by atomic mass is 16.5. The van der Waals surface area contributed by atoms with Gasteiger partial charge in [0, 0.05) is 12.8 Å². The normalized spacial score (nSPS) is 13.2. The Labute approximate surface area is 334 Å². The number of aliphatic hydroxyl groups excluding tert-OH is 2. The molecule has 0 aromatic heterocycles. The molecule has 0 aliphatic heterocycles. The van der Waals surface area contributed by atoms with Crippen LogP contribution in [0.15, 0.2) is 48.6 Å². The van der Waals surface area contributed by atoms with E-state index in [1.54, 1.807) is 6.08 Å². The molecule has 0 heterocycles. The maximum Gasteiger partial charge on any atom is 0.305 e. The van der Waals surface area contributed by atoms with Crippen LogP contribution in [-0.2, 0) is 14.3 Å². The number of aliphatic hydroxyl groups is 2. The van der Waals surface area contributed by atoms with Gasteiger partial charge in [-0.3, -0.25) is 9.59 Å². The first-order valence-corrected chi connectivity index (χ1v) is 22.9. The first-order valence-electron chi connectivity index (χ1n) is 22.9. The van der Waals surface area contributed by atoms with Gasteiger partial charge in [-0.05, 0) is 83.5 Å². The second kappa shape index (κ2) is 43.5. The Morgan fingerprint density at radius 1 is 0.519 bits per heavy atom. The summed E-state index contributed by atoms with van der Waals surface area (Å²) in [6, 6.07) is -0.648. The minimum atomic E-state index is -0.861. The number of rotatable bonds is 41. The summed E-state index contributed by atoms with van der Waals surface area (Å²) in [6.45, 7) is 4.75. The lowest BCUT2D eigenvalue weighted by Crippen LogP contribution is -2.45. The summed E-state index contributed by atoms with van der Waals surface area (Å²) in [5.41, 5.74) is 0. The molecule has 1 amide bonds. The first kappa shape index (κ1) is 51.8. The zero-order chi connectivity index (χ0) is 39.4. The molecule has 54 heavy (non-hydrogen) atoms. The Morgan fingerprint density at radius 2 is 0.963 bits per heavy atom. The van der Waals surface area contributed by atoms with Crippen LogP contribution in [0.3, 0.4) is 0 Å². The van der Waals surface area contributed by atoms with E-state index < -0.39 is 12.1 Å². The van der Waals surface area contributed by atoms with Crippen molar-refractivity contribution < 1.29 is 24.5 Å². The van der Waals surface area contributed by atoms with Gasteiger partial charge in [-0.2, -0.15) is 0 Å². The highest BCUT2D eigenvalue weighted by Crippen LogP contribution is 2.13. The molecule has 6 heteroatoms. The second-order valence-corrected chi connectivity index (χ2v) is 15.4. The minimum Gasteiger partial charge on any atom is -0.466 e. The molecule has 0 aromatic rings. The molecule has 0 rings (SSSR count). The van der Waals surface area contributed by atoms with Gasteiger partial charge in [0.05, 0.1) is 25.4 Å². The van der Waals surface area contributed by atoms with E-state index in [4.69, 9.17) is 4.74 Å². The minimum absolute atomic E-state index is 0.0310. The smallest absolute Gasteiger partial charge is 0.305 e. The average Bonchev–Trinajstić information content (AvgIpc) is 3.17. The van der Waals surface area contributed by atoms with Gasteiger partial charge >= 0.3 is 5.97 Å². The van der Waals surface area contributed by atoms with E-state index >= 15 is 0 Å². The summed E-state index contributed by atoms with van der Waals surface area (Å²) in [5, 5.41) is 22.9. The third-order valence-corrected chi connectivity index (χ3v) is 10.0. The molecule has 2 unspecified atom stereocenters. The van der Waals surface area contributed by atoms with Crippen molar-refractivity contribution in [3.8, 4) is 0 Å². The van der Waals surface area contributed by atoms with Crippen LogP contribution in [0.1, 0.15) is 219 Å². The van der Waals surface area contributed by atoms with E-state index in [-0.39, 0.29) is 18.5 Å². The summed E-state index contributed by atoms with van der Waals surface area (Å²) in [4.78, 5) is 24.3. The number of nitrogens with one attached hydrogen (secondary N) is 1. The summed E-state index contributed by atoms with van der Waals surface area (Å²) >= 11 is 0. The van der Waals surface area contributed by atoms with Crippen LogP contribution in [0.2, 0.25) is 0 Å². The monoisotopic (exact) mass is 758 g/mol. The van der Waals surface area contributed by atoms with Crippen molar-refractivity contribution in [1.82, 2.24) is 5.32 Å². The molecule has 0 spiro atoms. The van der Waals surface area contributed by atoms with E-state index in [1.807, 2.05) is 6.08 Å². The SMILES string of the molecule is CCC/C=C\C/C=C\CCCCCCCC(=O)OCCCCCCCC/C=C\CCCCCC(=O)NC(CO)C(O)/C=C/CCCCCCCCCCC. The fourth-order valence-corrected chi connectivity index (χ4v) is 6.49. The largest absolute Gasteiger partial charge is 0.466 e. The fraction of sp³-hybridized carbons (Fsp3) is 0.792. The summed E-state index contributed by atoms with van der Waals surface area (Å²) in [6.07, 6.45) is 52.4. The first-order chi connectivity index (χ1) is 26.5. The molecule has 0 saturated carbocycles. The third-order valence-electron chi connectivity index (χ3n) is 10.0. The van der Waals surface area contributed by atoms with Gasteiger partial charge in [-0.25, -0.2) is 0 Å². The van der Waals surface area contributed by atoms with Gasteiger partial charge in [0.25, 0.3) is 0 Å². The van der Waals surface area contributed by atoms with Crippen molar-refractivity contribution in [3.63, 3.8) is 0 Å². The Morgan fingerprint density at radius 3 is 1.52 bits per heavy atom. The highest BCUT2D eigenvalue weighted by Gasteiger charge is 2.17. The Bertz CT molecular complexity index is 926. The zero-order valence-corrected chi connectivity index (χ0v) is 35.4.